The zero-order chi connectivity index (χ0) is 19.0. The number of likely N-dealkylation sites (N-methyl/N-ethyl adjacent to an activating group) is 1. The molecule has 0 radical (unpaired) electrons. The van der Waals surface area contributed by atoms with Crippen LogP contribution < -0.4 is 10.6 Å². The summed E-state index contributed by atoms with van der Waals surface area (Å²) in [6.45, 7) is 8.82. The van der Waals surface area contributed by atoms with Gasteiger partial charge in [0.2, 0.25) is 5.91 Å². The van der Waals surface area contributed by atoms with Crippen LogP contribution >= 0.6 is 24.0 Å². The molecule has 2 N–H and O–H groups in total. The van der Waals surface area contributed by atoms with Gasteiger partial charge in [0, 0.05) is 31.7 Å². The Balaban J connectivity index is 0.00000625. The van der Waals surface area contributed by atoms with E-state index < -0.39 is 11.6 Å². The van der Waals surface area contributed by atoms with Crippen molar-refractivity contribution in [1.29, 1.82) is 0 Å². The maximum atomic E-state index is 13.6. The van der Waals surface area contributed by atoms with Crippen molar-refractivity contribution in [2.45, 2.75) is 39.7 Å². The molecule has 8 heteroatoms. The predicted molar refractivity (Wildman–Crippen MR) is 112 cm³/mol. The Kier molecular flexibility index (Phi) is 10.7. The van der Waals surface area contributed by atoms with Gasteiger partial charge in [0.15, 0.2) is 5.96 Å². The van der Waals surface area contributed by atoms with Crippen LogP contribution in [0.2, 0.25) is 0 Å². The Morgan fingerprint density at radius 1 is 1.27 bits per heavy atom. The van der Waals surface area contributed by atoms with E-state index in [1.807, 2.05) is 27.7 Å². The first kappa shape index (κ1) is 24.6. The van der Waals surface area contributed by atoms with Crippen LogP contribution in [-0.4, -0.2) is 49.0 Å². The lowest BCUT2D eigenvalue weighted by molar-refractivity contribution is -0.122. The molecular formula is C18H29F2IN4O. The number of aliphatic imine (C=N–C) groups is 1. The monoisotopic (exact) mass is 482 g/mol. The fourth-order valence-electron chi connectivity index (χ4n) is 2.22. The fourth-order valence-corrected chi connectivity index (χ4v) is 2.22. The quantitative estimate of drug-likeness (QED) is 0.373. The molecule has 0 aliphatic carbocycles. The van der Waals surface area contributed by atoms with Crippen LogP contribution in [0.3, 0.4) is 0 Å². The van der Waals surface area contributed by atoms with E-state index in [2.05, 4.69) is 15.6 Å². The van der Waals surface area contributed by atoms with E-state index in [9.17, 15) is 13.6 Å². The van der Waals surface area contributed by atoms with Crippen LogP contribution in [0.15, 0.2) is 23.2 Å². The predicted octanol–water partition coefficient (Wildman–Crippen LogP) is 2.94. The minimum absolute atomic E-state index is 0. The number of hydrogen-bond donors (Lipinski definition) is 2. The van der Waals surface area contributed by atoms with E-state index in [0.717, 1.165) is 6.07 Å². The van der Waals surface area contributed by atoms with Crippen LogP contribution in [0, 0.1) is 11.6 Å². The van der Waals surface area contributed by atoms with Gasteiger partial charge in [0.1, 0.15) is 11.6 Å². The second-order valence-corrected chi connectivity index (χ2v) is 6.88. The van der Waals surface area contributed by atoms with Crippen LogP contribution in [0.4, 0.5) is 8.78 Å². The zero-order valence-corrected chi connectivity index (χ0v) is 18.4. The molecule has 0 spiro atoms. The van der Waals surface area contributed by atoms with Gasteiger partial charge in [-0.05, 0) is 45.7 Å². The Morgan fingerprint density at radius 3 is 2.46 bits per heavy atom. The third-order valence-corrected chi connectivity index (χ3v) is 3.25. The Labute approximate surface area is 171 Å². The molecule has 0 unspecified atom stereocenters. The van der Waals surface area contributed by atoms with E-state index in [1.165, 1.54) is 12.1 Å². The molecule has 1 aromatic rings. The second kappa shape index (κ2) is 11.3. The van der Waals surface area contributed by atoms with Crippen molar-refractivity contribution in [1.82, 2.24) is 15.5 Å². The average Bonchev–Trinajstić information content (AvgIpc) is 2.46. The summed E-state index contributed by atoms with van der Waals surface area (Å²) in [6.07, 6.45) is 0.350. The van der Waals surface area contributed by atoms with Crippen molar-refractivity contribution in [3.63, 3.8) is 0 Å². The van der Waals surface area contributed by atoms with E-state index in [0.29, 0.717) is 31.0 Å². The largest absolute Gasteiger partial charge is 0.357 e. The maximum Gasteiger partial charge on any atom is 0.240 e. The smallest absolute Gasteiger partial charge is 0.240 e. The lowest BCUT2D eigenvalue weighted by atomic mass is 10.1. The first-order valence-corrected chi connectivity index (χ1v) is 8.36. The molecule has 0 saturated carbocycles. The summed E-state index contributed by atoms with van der Waals surface area (Å²) in [5.74, 6) is -0.708. The molecule has 0 heterocycles. The SMILES string of the molecule is CCNC(=NCCc1ccc(F)cc1F)N(C)CC(=O)NC(C)(C)C.I. The standard InChI is InChI=1S/C18H28F2N4O.HI/c1-6-21-17(24(5)12-16(25)23-18(2,3)4)22-10-9-13-7-8-14(19)11-15(13)20;/h7-8,11H,6,9-10,12H2,1-5H3,(H,21,22)(H,23,25);1H. The number of guanidine groups is 1. The highest BCUT2D eigenvalue weighted by Gasteiger charge is 2.16. The minimum Gasteiger partial charge on any atom is -0.357 e. The van der Waals surface area contributed by atoms with E-state index in [4.69, 9.17) is 0 Å². The molecule has 0 saturated heterocycles. The molecule has 0 bridgehead atoms. The summed E-state index contributed by atoms with van der Waals surface area (Å²) < 4.78 is 26.6. The highest BCUT2D eigenvalue weighted by molar-refractivity contribution is 14.0. The summed E-state index contributed by atoms with van der Waals surface area (Å²) in [4.78, 5) is 18.2. The van der Waals surface area contributed by atoms with Crippen LogP contribution in [0.25, 0.3) is 0 Å². The number of carbonyl (C=O) groups is 1. The van der Waals surface area contributed by atoms with Gasteiger partial charge in [-0.1, -0.05) is 6.07 Å². The molecule has 5 nitrogen and oxygen atoms in total. The third kappa shape index (κ3) is 9.30. The Morgan fingerprint density at radius 2 is 1.92 bits per heavy atom. The number of rotatable bonds is 6. The van der Waals surface area contributed by atoms with Crippen molar-refractivity contribution < 1.29 is 13.6 Å². The van der Waals surface area contributed by atoms with Gasteiger partial charge in [-0.25, -0.2) is 8.78 Å². The normalized spacial score (nSPS) is 11.6. The van der Waals surface area contributed by atoms with E-state index in [-0.39, 0.29) is 42.0 Å². The summed E-state index contributed by atoms with van der Waals surface area (Å²) >= 11 is 0. The lowest BCUT2D eigenvalue weighted by Gasteiger charge is -2.25. The average molecular weight is 482 g/mol. The molecule has 0 aliphatic rings. The van der Waals surface area contributed by atoms with Crippen molar-refractivity contribution >= 4 is 35.8 Å². The summed E-state index contributed by atoms with van der Waals surface area (Å²) in [7, 11) is 1.77. The maximum absolute atomic E-state index is 13.6. The van der Waals surface area contributed by atoms with Crippen LogP contribution in [0.1, 0.15) is 33.3 Å². The number of nitrogens with one attached hydrogen (secondary N) is 2. The molecule has 1 amide bonds. The van der Waals surface area contributed by atoms with Crippen LogP contribution in [0.5, 0.6) is 0 Å². The van der Waals surface area contributed by atoms with Crippen molar-refractivity contribution in [2.75, 3.05) is 26.7 Å². The number of amides is 1. The summed E-state index contributed by atoms with van der Waals surface area (Å²) in [5, 5.41) is 6.00. The first-order chi connectivity index (χ1) is 11.6. The lowest BCUT2D eigenvalue weighted by Crippen LogP contribution is -2.48. The number of hydrogen-bond acceptors (Lipinski definition) is 2. The van der Waals surface area contributed by atoms with Crippen LogP contribution in [-0.2, 0) is 11.2 Å². The molecule has 0 atom stereocenters. The summed E-state index contributed by atoms with van der Waals surface area (Å²) in [6, 6.07) is 3.52. The van der Waals surface area contributed by atoms with Crippen molar-refractivity contribution in [2.24, 2.45) is 4.99 Å². The van der Waals surface area contributed by atoms with Gasteiger partial charge in [-0.15, -0.1) is 24.0 Å². The highest BCUT2D eigenvalue weighted by atomic mass is 127. The fraction of sp³-hybridized carbons (Fsp3) is 0.556. The van der Waals surface area contributed by atoms with Gasteiger partial charge in [0.05, 0.1) is 6.54 Å². The van der Waals surface area contributed by atoms with Gasteiger partial charge in [-0.2, -0.15) is 0 Å². The minimum atomic E-state index is -0.595. The van der Waals surface area contributed by atoms with Gasteiger partial charge < -0.3 is 15.5 Å². The first-order valence-electron chi connectivity index (χ1n) is 8.36. The highest BCUT2D eigenvalue weighted by Crippen LogP contribution is 2.10. The molecule has 0 aliphatic heterocycles. The second-order valence-electron chi connectivity index (χ2n) is 6.88. The number of carbonyl (C=O) groups excluding carboxylic acids is 1. The molecule has 0 aromatic heterocycles. The molecule has 1 aromatic carbocycles. The zero-order valence-electron chi connectivity index (χ0n) is 16.0. The van der Waals surface area contributed by atoms with Crippen molar-refractivity contribution in [3.05, 3.63) is 35.4 Å². The number of benzene rings is 1. The molecule has 1 rings (SSSR count). The Hall–Kier alpha value is -1.45. The van der Waals surface area contributed by atoms with Gasteiger partial charge in [0.25, 0.3) is 0 Å². The Bertz CT molecular complexity index is 618. The van der Waals surface area contributed by atoms with E-state index in [1.54, 1.807) is 11.9 Å². The molecule has 0 fully saturated rings. The topological polar surface area (TPSA) is 56.7 Å². The third-order valence-electron chi connectivity index (χ3n) is 3.25. The van der Waals surface area contributed by atoms with Crippen molar-refractivity contribution in [3.8, 4) is 0 Å². The van der Waals surface area contributed by atoms with Gasteiger partial charge in [-0.3, -0.25) is 9.79 Å². The number of nitrogens with zero attached hydrogens (tertiary/aromatic N) is 2. The summed E-state index contributed by atoms with van der Waals surface area (Å²) in [5.41, 5.74) is 0.113. The molecule has 148 valence electrons. The van der Waals surface area contributed by atoms with Gasteiger partial charge >= 0.3 is 0 Å². The molecule has 26 heavy (non-hydrogen) atoms. The number of halogens is 3. The van der Waals surface area contributed by atoms with E-state index >= 15 is 0 Å². The molecular weight excluding hydrogens is 453 g/mol.